The van der Waals surface area contributed by atoms with Gasteiger partial charge in [0.15, 0.2) is 11.5 Å². The fourth-order valence-corrected chi connectivity index (χ4v) is 3.12. The summed E-state index contributed by atoms with van der Waals surface area (Å²) < 4.78 is 10.7. The highest BCUT2D eigenvalue weighted by Crippen LogP contribution is 2.26. The first-order chi connectivity index (χ1) is 11.5. The number of benzene rings is 1. The number of Topliss-reactive ketones (excluding diaryl/α,β-unsaturated/α-hetero) is 1. The number of carbonyl (C=O) groups excluding carboxylic acids is 1. The van der Waals surface area contributed by atoms with E-state index in [1.54, 1.807) is 18.4 Å². The van der Waals surface area contributed by atoms with Crippen LogP contribution in [-0.4, -0.2) is 21.7 Å². The van der Waals surface area contributed by atoms with Crippen molar-refractivity contribution in [3.05, 3.63) is 52.3 Å². The van der Waals surface area contributed by atoms with Crippen molar-refractivity contribution in [1.29, 1.82) is 0 Å². The van der Waals surface area contributed by atoms with Gasteiger partial charge in [0.25, 0.3) is 11.1 Å². The van der Waals surface area contributed by atoms with Gasteiger partial charge in [-0.3, -0.25) is 4.79 Å². The Morgan fingerprint density at radius 2 is 1.92 bits per heavy atom. The molecule has 0 saturated carbocycles. The van der Waals surface area contributed by atoms with E-state index in [0.717, 1.165) is 16.7 Å². The zero-order valence-electron chi connectivity index (χ0n) is 14.0. The summed E-state index contributed by atoms with van der Waals surface area (Å²) in [4.78, 5) is 12.6. The van der Waals surface area contributed by atoms with Gasteiger partial charge >= 0.3 is 0 Å². The minimum atomic E-state index is 0.0569. The Bertz CT molecular complexity index is 882. The van der Waals surface area contributed by atoms with Crippen LogP contribution in [0.15, 0.2) is 38.5 Å². The van der Waals surface area contributed by atoms with Gasteiger partial charge in [-0.1, -0.05) is 11.8 Å². The average molecular weight is 342 g/mol. The Labute approximate surface area is 144 Å². The molecule has 0 fully saturated rings. The van der Waals surface area contributed by atoms with Crippen LogP contribution in [0.4, 0.5) is 0 Å². The molecule has 0 atom stereocenters. The molecule has 24 heavy (non-hydrogen) atoms. The summed E-state index contributed by atoms with van der Waals surface area (Å²) in [6.45, 7) is 8.14. The summed E-state index contributed by atoms with van der Waals surface area (Å²) in [5.74, 6) is 1.14. The third kappa shape index (κ3) is 3.14. The number of thioether (sulfide) groups is 1. The van der Waals surface area contributed by atoms with Crippen LogP contribution in [0.1, 0.15) is 32.6 Å². The second-order valence-corrected chi connectivity index (χ2v) is 6.60. The molecule has 0 bridgehead atoms. The van der Waals surface area contributed by atoms with E-state index in [1.165, 1.54) is 22.9 Å². The number of hydrogen-bond donors (Lipinski definition) is 0. The first-order valence-electron chi connectivity index (χ1n) is 7.58. The molecule has 0 radical (unpaired) electrons. The molecule has 0 saturated heterocycles. The van der Waals surface area contributed by atoms with Crippen LogP contribution >= 0.6 is 11.8 Å². The first-order valence-corrected chi connectivity index (χ1v) is 8.56. The van der Waals surface area contributed by atoms with E-state index < -0.39 is 0 Å². The van der Waals surface area contributed by atoms with Crippen molar-refractivity contribution in [1.82, 2.24) is 10.2 Å². The van der Waals surface area contributed by atoms with Crippen LogP contribution in [0.25, 0.3) is 11.7 Å². The van der Waals surface area contributed by atoms with Crippen molar-refractivity contribution in [2.24, 2.45) is 0 Å². The molecule has 2 heterocycles. The Hall–Kier alpha value is -2.34. The fourth-order valence-electron chi connectivity index (χ4n) is 2.47. The number of ketones is 1. The van der Waals surface area contributed by atoms with Gasteiger partial charge in [0.1, 0.15) is 0 Å². The number of rotatable bonds is 5. The fraction of sp³-hybridized carbons (Fsp3) is 0.278. The normalized spacial score (nSPS) is 11.0. The lowest BCUT2D eigenvalue weighted by molar-refractivity contribution is 0.102. The standard InChI is InChI=1S/C18H18N2O3S/c1-10-8-14(13(4)12(3)11(10)2)15(21)9-24-18-20-19-17(23-18)16-6-5-7-22-16/h5-8H,9H2,1-4H3. The van der Waals surface area contributed by atoms with Crippen LogP contribution in [0.5, 0.6) is 0 Å². The van der Waals surface area contributed by atoms with Gasteiger partial charge in [-0.15, -0.1) is 10.2 Å². The van der Waals surface area contributed by atoms with Crippen molar-refractivity contribution in [2.45, 2.75) is 32.9 Å². The Morgan fingerprint density at radius 1 is 1.12 bits per heavy atom. The van der Waals surface area contributed by atoms with Crippen LogP contribution in [-0.2, 0) is 0 Å². The third-order valence-corrected chi connectivity index (χ3v) is 5.07. The van der Waals surface area contributed by atoms with E-state index in [9.17, 15) is 4.79 Å². The van der Waals surface area contributed by atoms with E-state index in [1.807, 2.05) is 19.9 Å². The van der Waals surface area contributed by atoms with Crippen LogP contribution in [0.3, 0.4) is 0 Å². The highest BCUT2D eigenvalue weighted by atomic mass is 32.2. The summed E-state index contributed by atoms with van der Waals surface area (Å²) in [6, 6.07) is 5.46. The van der Waals surface area contributed by atoms with E-state index in [4.69, 9.17) is 8.83 Å². The maximum absolute atomic E-state index is 12.6. The minimum absolute atomic E-state index is 0.0569. The molecule has 3 aromatic rings. The summed E-state index contributed by atoms with van der Waals surface area (Å²) in [6.07, 6.45) is 1.54. The lowest BCUT2D eigenvalue weighted by atomic mass is 9.93. The van der Waals surface area contributed by atoms with Crippen LogP contribution in [0, 0.1) is 27.7 Å². The summed E-state index contributed by atoms with van der Waals surface area (Å²) in [5.41, 5.74) is 5.32. The third-order valence-electron chi connectivity index (χ3n) is 4.25. The molecule has 6 heteroatoms. The van der Waals surface area contributed by atoms with Crippen molar-refractivity contribution < 1.29 is 13.6 Å². The number of furan rings is 1. The molecule has 5 nitrogen and oxygen atoms in total. The zero-order valence-corrected chi connectivity index (χ0v) is 14.9. The maximum atomic E-state index is 12.6. The van der Waals surface area contributed by atoms with Crippen LogP contribution < -0.4 is 0 Å². The highest BCUT2D eigenvalue weighted by Gasteiger charge is 2.17. The molecule has 0 aliphatic carbocycles. The molecule has 2 aromatic heterocycles. The number of aromatic nitrogens is 2. The number of aryl methyl sites for hydroxylation is 1. The summed E-state index contributed by atoms with van der Waals surface area (Å²) in [7, 11) is 0. The van der Waals surface area contributed by atoms with Gasteiger partial charge < -0.3 is 8.83 Å². The second-order valence-electron chi connectivity index (χ2n) is 5.68. The molecule has 3 rings (SSSR count). The lowest BCUT2D eigenvalue weighted by Gasteiger charge is -2.13. The number of hydrogen-bond acceptors (Lipinski definition) is 6. The van der Waals surface area contributed by atoms with E-state index in [2.05, 4.69) is 24.0 Å². The Balaban J connectivity index is 1.73. The monoisotopic (exact) mass is 342 g/mol. The van der Waals surface area contributed by atoms with Crippen LogP contribution in [0.2, 0.25) is 0 Å². The predicted molar refractivity (Wildman–Crippen MR) is 92.4 cm³/mol. The molecular weight excluding hydrogens is 324 g/mol. The van der Waals surface area contributed by atoms with Gasteiger partial charge in [0, 0.05) is 5.56 Å². The molecule has 0 aliphatic heterocycles. The first kappa shape index (κ1) is 16.5. The smallest absolute Gasteiger partial charge is 0.284 e. The molecular formula is C18H18N2O3S. The summed E-state index contributed by atoms with van der Waals surface area (Å²) in [5, 5.41) is 8.22. The molecule has 0 aliphatic rings. The Kier molecular flexibility index (Phi) is 4.57. The highest BCUT2D eigenvalue weighted by molar-refractivity contribution is 7.99. The topological polar surface area (TPSA) is 69.1 Å². The lowest BCUT2D eigenvalue weighted by Crippen LogP contribution is -2.08. The summed E-state index contributed by atoms with van der Waals surface area (Å²) >= 11 is 1.23. The van der Waals surface area contributed by atoms with E-state index >= 15 is 0 Å². The zero-order chi connectivity index (χ0) is 17.3. The van der Waals surface area contributed by atoms with Gasteiger partial charge in [-0.05, 0) is 68.1 Å². The van der Waals surface area contributed by atoms with Crippen molar-refractivity contribution in [3.63, 3.8) is 0 Å². The van der Waals surface area contributed by atoms with E-state index in [0.29, 0.717) is 16.9 Å². The molecule has 0 amide bonds. The average Bonchev–Trinajstić information content (AvgIpc) is 3.24. The minimum Gasteiger partial charge on any atom is -0.459 e. The quantitative estimate of drug-likeness (QED) is 0.501. The van der Waals surface area contributed by atoms with Gasteiger partial charge in [-0.25, -0.2) is 0 Å². The van der Waals surface area contributed by atoms with E-state index in [-0.39, 0.29) is 11.5 Å². The predicted octanol–water partition coefficient (Wildman–Crippen LogP) is 4.54. The van der Waals surface area contributed by atoms with Crippen molar-refractivity contribution >= 4 is 17.5 Å². The van der Waals surface area contributed by atoms with Crippen molar-refractivity contribution in [2.75, 3.05) is 5.75 Å². The number of nitrogens with zero attached hydrogens (tertiary/aromatic N) is 2. The number of carbonyl (C=O) groups is 1. The van der Waals surface area contributed by atoms with Gasteiger partial charge in [0.05, 0.1) is 12.0 Å². The van der Waals surface area contributed by atoms with Crippen molar-refractivity contribution in [3.8, 4) is 11.7 Å². The molecule has 124 valence electrons. The Morgan fingerprint density at radius 3 is 2.62 bits per heavy atom. The maximum Gasteiger partial charge on any atom is 0.284 e. The van der Waals surface area contributed by atoms with Gasteiger partial charge in [0.2, 0.25) is 0 Å². The van der Waals surface area contributed by atoms with Gasteiger partial charge in [-0.2, -0.15) is 0 Å². The molecule has 0 unspecified atom stereocenters. The molecule has 0 spiro atoms. The second kappa shape index (κ2) is 6.65. The SMILES string of the molecule is Cc1cc(C(=O)CSc2nnc(-c3ccco3)o2)c(C)c(C)c1C. The molecule has 0 N–H and O–H groups in total. The molecule has 1 aromatic carbocycles. The largest absolute Gasteiger partial charge is 0.459 e.